The molecule has 0 fully saturated rings. The Morgan fingerprint density at radius 2 is 1.00 bits per heavy atom. The lowest BCUT2D eigenvalue weighted by atomic mass is 9.96. The van der Waals surface area contributed by atoms with Crippen LogP contribution in [0.15, 0.2) is 170 Å². The van der Waals surface area contributed by atoms with Crippen LogP contribution in [0.1, 0.15) is 16.7 Å². The van der Waals surface area contributed by atoms with Crippen LogP contribution in [0.25, 0.3) is 38.6 Å². The molecule has 0 bridgehead atoms. The molecule has 7 aromatic carbocycles. The Hall–Kier alpha value is -6.97. The first kappa shape index (κ1) is 30.4. The van der Waals surface area contributed by atoms with E-state index in [0.717, 1.165) is 38.1 Å². The van der Waals surface area contributed by atoms with Gasteiger partial charge in [-0.3, -0.25) is 0 Å². The molecule has 0 radical (unpaired) electrons. The Morgan fingerprint density at radius 1 is 0.440 bits per heavy atom. The highest BCUT2D eigenvalue weighted by Gasteiger charge is 2.43. The van der Waals surface area contributed by atoms with Crippen molar-refractivity contribution in [1.82, 2.24) is 4.57 Å². The molecule has 0 spiro atoms. The summed E-state index contributed by atoms with van der Waals surface area (Å²) in [4.78, 5) is 0. The maximum Gasteiger partial charge on any atom is 0.180 e. The third-order valence-electron chi connectivity index (χ3n) is 9.67. The van der Waals surface area contributed by atoms with Crippen LogP contribution < -0.4 is 20.7 Å². The summed E-state index contributed by atoms with van der Waals surface area (Å²) in [6.45, 7) is 0. The second-order valence-corrected chi connectivity index (χ2v) is 16.0. The number of hydrogen-bond acceptors (Lipinski definition) is 3. The molecular formula is C45H28N4Si. The SMILES string of the molecule is N#Cc1ccc2c(c1)c1ccccc1n2-c1c(C#N)cccc1-c1cccc([Si](c2ccccc2)(c2ccccc2)c2ccccc2)c1C#N. The Labute approximate surface area is 291 Å². The van der Waals surface area contributed by atoms with Gasteiger partial charge in [-0.05, 0) is 51.1 Å². The fourth-order valence-corrected chi connectivity index (χ4v) is 12.5. The number of fused-ring (bicyclic) bond motifs is 3. The van der Waals surface area contributed by atoms with Gasteiger partial charge >= 0.3 is 0 Å². The molecule has 0 aliphatic rings. The van der Waals surface area contributed by atoms with Gasteiger partial charge in [-0.15, -0.1) is 0 Å². The second kappa shape index (κ2) is 12.6. The highest BCUT2D eigenvalue weighted by atomic mass is 28.3. The van der Waals surface area contributed by atoms with Gasteiger partial charge in [-0.25, -0.2) is 0 Å². The zero-order chi connectivity index (χ0) is 34.1. The molecule has 50 heavy (non-hydrogen) atoms. The molecule has 0 atom stereocenters. The van der Waals surface area contributed by atoms with Crippen molar-refractivity contribution in [3.8, 4) is 35.0 Å². The Bertz CT molecular complexity index is 2580. The van der Waals surface area contributed by atoms with E-state index in [1.165, 1.54) is 15.6 Å². The minimum Gasteiger partial charge on any atom is -0.307 e. The van der Waals surface area contributed by atoms with Gasteiger partial charge in [0.05, 0.1) is 45.5 Å². The first-order valence-corrected chi connectivity index (χ1v) is 18.4. The van der Waals surface area contributed by atoms with Crippen molar-refractivity contribution in [2.75, 3.05) is 0 Å². The van der Waals surface area contributed by atoms with Crippen LogP contribution in [-0.2, 0) is 0 Å². The number of nitrogens with zero attached hydrogens (tertiary/aromatic N) is 4. The largest absolute Gasteiger partial charge is 0.307 e. The van der Waals surface area contributed by atoms with Gasteiger partial charge in [-0.1, -0.05) is 140 Å². The highest BCUT2D eigenvalue weighted by molar-refractivity contribution is 7.20. The van der Waals surface area contributed by atoms with Crippen molar-refractivity contribution < 1.29 is 0 Å². The molecule has 8 rings (SSSR count). The zero-order valence-corrected chi connectivity index (χ0v) is 28.0. The molecule has 5 heteroatoms. The molecule has 8 aromatic rings. The lowest BCUT2D eigenvalue weighted by Crippen LogP contribution is -2.75. The fourth-order valence-electron chi connectivity index (χ4n) is 7.62. The zero-order valence-electron chi connectivity index (χ0n) is 27.0. The van der Waals surface area contributed by atoms with Gasteiger partial charge in [0.15, 0.2) is 8.07 Å². The number of hydrogen-bond donors (Lipinski definition) is 0. The average Bonchev–Trinajstić information content (AvgIpc) is 3.52. The van der Waals surface area contributed by atoms with E-state index >= 15 is 0 Å². The maximum atomic E-state index is 11.3. The molecule has 0 N–H and O–H groups in total. The fraction of sp³-hybridized carbons (Fsp3) is 0. The van der Waals surface area contributed by atoms with Gasteiger partial charge < -0.3 is 4.57 Å². The van der Waals surface area contributed by atoms with Gasteiger partial charge in [0, 0.05) is 21.9 Å². The van der Waals surface area contributed by atoms with Crippen LogP contribution >= 0.6 is 0 Å². The molecule has 4 nitrogen and oxygen atoms in total. The van der Waals surface area contributed by atoms with Crippen molar-refractivity contribution in [3.63, 3.8) is 0 Å². The molecule has 232 valence electrons. The first-order valence-electron chi connectivity index (χ1n) is 16.4. The van der Waals surface area contributed by atoms with Crippen LogP contribution in [0.2, 0.25) is 0 Å². The summed E-state index contributed by atoms with van der Waals surface area (Å²) in [7, 11) is -3.06. The third-order valence-corrected chi connectivity index (χ3v) is 14.5. The van der Waals surface area contributed by atoms with Gasteiger partial charge in [0.2, 0.25) is 0 Å². The van der Waals surface area contributed by atoms with Gasteiger partial charge in [0.1, 0.15) is 6.07 Å². The normalized spacial score (nSPS) is 11.1. The quantitative estimate of drug-likeness (QED) is 0.138. The number of para-hydroxylation sites is 2. The van der Waals surface area contributed by atoms with E-state index < -0.39 is 8.07 Å². The summed E-state index contributed by atoms with van der Waals surface area (Å²) < 4.78 is 2.11. The number of rotatable bonds is 6. The van der Waals surface area contributed by atoms with Crippen LogP contribution in [0.4, 0.5) is 0 Å². The van der Waals surface area contributed by atoms with Crippen LogP contribution in [0.3, 0.4) is 0 Å². The molecule has 0 saturated carbocycles. The smallest absolute Gasteiger partial charge is 0.180 e. The van der Waals surface area contributed by atoms with Crippen molar-refractivity contribution in [3.05, 3.63) is 187 Å². The maximum absolute atomic E-state index is 11.3. The molecule has 0 amide bonds. The minimum atomic E-state index is -3.06. The number of benzene rings is 7. The molecule has 0 unspecified atom stereocenters. The van der Waals surface area contributed by atoms with Crippen molar-refractivity contribution >= 4 is 50.6 Å². The van der Waals surface area contributed by atoms with E-state index in [1.807, 2.05) is 84.9 Å². The molecule has 0 aliphatic heterocycles. The number of nitriles is 3. The predicted octanol–water partition coefficient (Wildman–Crippen LogP) is 7.44. The van der Waals surface area contributed by atoms with Crippen molar-refractivity contribution in [2.45, 2.75) is 0 Å². The van der Waals surface area contributed by atoms with Gasteiger partial charge in [-0.2, -0.15) is 15.8 Å². The molecule has 1 aromatic heterocycles. The van der Waals surface area contributed by atoms with Crippen LogP contribution in [0, 0.1) is 34.0 Å². The Kier molecular flexibility index (Phi) is 7.63. The van der Waals surface area contributed by atoms with Crippen molar-refractivity contribution in [2.24, 2.45) is 0 Å². The van der Waals surface area contributed by atoms with Crippen LogP contribution in [0.5, 0.6) is 0 Å². The highest BCUT2D eigenvalue weighted by Crippen LogP contribution is 2.39. The standard InChI is InChI=1S/C45H28N4Si/c46-29-32-26-27-43-40(28-32)38-21-10-11-24-42(38)49(43)45-33(30-47)14-12-23-39(45)37-22-13-25-44(41(37)31-48)50(34-15-4-1-5-16-34,35-17-6-2-7-18-35)36-19-8-3-9-20-36/h1-28H. The van der Waals surface area contributed by atoms with E-state index in [1.54, 1.807) is 0 Å². The summed E-state index contributed by atoms with van der Waals surface area (Å²) in [6.07, 6.45) is 0. The lowest BCUT2D eigenvalue weighted by molar-refractivity contribution is 1.17. The molecular weight excluding hydrogens is 625 g/mol. The summed E-state index contributed by atoms with van der Waals surface area (Å²) in [5.74, 6) is 0. The summed E-state index contributed by atoms with van der Waals surface area (Å²) in [5.41, 5.74) is 5.68. The van der Waals surface area contributed by atoms with E-state index in [0.29, 0.717) is 22.4 Å². The van der Waals surface area contributed by atoms with E-state index in [4.69, 9.17) is 0 Å². The summed E-state index contributed by atoms with van der Waals surface area (Å²) in [5, 5.41) is 38.0. The predicted molar refractivity (Wildman–Crippen MR) is 204 cm³/mol. The van der Waals surface area contributed by atoms with Gasteiger partial charge in [0.25, 0.3) is 0 Å². The first-order chi connectivity index (χ1) is 24.7. The monoisotopic (exact) mass is 652 g/mol. The second-order valence-electron chi connectivity index (χ2n) is 12.2. The Balaban J connectivity index is 1.50. The molecule has 0 aliphatic carbocycles. The number of aromatic nitrogens is 1. The van der Waals surface area contributed by atoms with E-state index in [2.05, 4.69) is 108 Å². The minimum absolute atomic E-state index is 0.487. The lowest BCUT2D eigenvalue weighted by Gasteiger charge is -2.35. The summed E-state index contributed by atoms with van der Waals surface area (Å²) >= 11 is 0. The Morgan fingerprint density at radius 3 is 1.60 bits per heavy atom. The third kappa shape index (κ3) is 4.64. The van der Waals surface area contributed by atoms with Crippen LogP contribution in [-0.4, -0.2) is 12.6 Å². The van der Waals surface area contributed by atoms with E-state index in [9.17, 15) is 15.8 Å². The topological polar surface area (TPSA) is 76.3 Å². The summed E-state index contributed by atoms with van der Waals surface area (Å²) in [6, 6.07) is 64.8. The molecule has 0 saturated heterocycles. The molecule has 1 heterocycles. The average molecular weight is 653 g/mol. The van der Waals surface area contributed by atoms with Crippen molar-refractivity contribution in [1.29, 1.82) is 15.8 Å². The van der Waals surface area contributed by atoms with E-state index in [-0.39, 0.29) is 0 Å².